The average molecular weight is 261 g/mol. The van der Waals surface area contributed by atoms with Gasteiger partial charge in [0.05, 0.1) is 12.5 Å². The molecule has 0 radical (unpaired) electrons. The molecule has 1 N–H and O–H groups in total. The number of aryl methyl sites for hydroxylation is 1. The highest BCUT2D eigenvalue weighted by Gasteiger charge is 2.44. The smallest absolute Gasteiger partial charge is 0.313 e. The molecule has 1 fully saturated rings. The molecule has 1 aromatic carbocycles. The zero-order chi connectivity index (χ0) is 13.7. The van der Waals surface area contributed by atoms with Gasteiger partial charge in [0.1, 0.15) is 0 Å². The van der Waals surface area contributed by atoms with Crippen molar-refractivity contribution in [3.05, 3.63) is 35.4 Å². The highest BCUT2D eigenvalue weighted by Crippen LogP contribution is 2.41. The van der Waals surface area contributed by atoms with Crippen molar-refractivity contribution in [2.75, 3.05) is 20.2 Å². The van der Waals surface area contributed by atoms with Crippen LogP contribution in [-0.2, 0) is 16.0 Å². The molecule has 0 amide bonds. The summed E-state index contributed by atoms with van der Waals surface area (Å²) >= 11 is 0. The number of rotatable bonds is 6. The second kappa shape index (κ2) is 6.20. The summed E-state index contributed by atoms with van der Waals surface area (Å²) in [5, 5.41) is 3.41. The average Bonchev–Trinajstić information content (AvgIpc) is 2.36. The summed E-state index contributed by atoms with van der Waals surface area (Å²) < 4.78 is 4.91. The molecule has 3 nitrogen and oxygen atoms in total. The topological polar surface area (TPSA) is 38.3 Å². The van der Waals surface area contributed by atoms with Crippen LogP contribution in [0.4, 0.5) is 0 Å². The predicted octanol–water partition coefficient (Wildman–Crippen LogP) is 2.47. The molecule has 3 heteroatoms. The van der Waals surface area contributed by atoms with Crippen molar-refractivity contribution in [2.24, 2.45) is 5.41 Å². The first-order chi connectivity index (χ1) is 9.16. The van der Waals surface area contributed by atoms with E-state index in [4.69, 9.17) is 4.74 Å². The van der Waals surface area contributed by atoms with Gasteiger partial charge in [-0.2, -0.15) is 0 Å². The van der Waals surface area contributed by atoms with Gasteiger partial charge in [-0.25, -0.2) is 0 Å². The van der Waals surface area contributed by atoms with E-state index in [1.165, 1.54) is 18.2 Å². The molecule has 0 aromatic heterocycles. The lowest BCUT2D eigenvalue weighted by atomic mass is 9.68. The standard InChI is InChI=1S/C16H23NO2/c1-13-5-3-6-14(11-13)7-10-17-12-16(8-4-9-16)15(18)19-2/h3,5-6,11,17H,4,7-10,12H2,1-2H3. The number of carbonyl (C=O) groups is 1. The Morgan fingerprint density at radius 2 is 2.21 bits per heavy atom. The Bertz CT molecular complexity index is 438. The third-order valence-corrected chi connectivity index (χ3v) is 4.07. The maximum atomic E-state index is 11.8. The summed E-state index contributed by atoms with van der Waals surface area (Å²) in [6, 6.07) is 8.55. The van der Waals surface area contributed by atoms with E-state index in [9.17, 15) is 4.79 Å². The van der Waals surface area contributed by atoms with E-state index in [0.717, 1.165) is 38.8 Å². The number of hydrogen-bond acceptors (Lipinski definition) is 3. The SMILES string of the molecule is COC(=O)C1(CNCCc2cccc(C)c2)CCC1. The zero-order valence-corrected chi connectivity index (χ0v) is 11.9. The summed E-state index contributed by atoms with van der Waals surface area (Å²) in [4.78, 5) is 11.8. The lowest BCUT2D eigenvalue weighted by molar-refractivity contribution is -0.158. The van der Waals surface area contributed by atoms with E-state index >= 15 is 0 Å². The minimum absolute atomic E-state index is 0.0539. The fourth-order valence-electron chi connectivity index (χ4n) is 2.70. The summed E-state index contributed by atoms with van der Waals surface area (Å²) in [5.41, 5.74) is 2.39. The Morgan fingerprint density at radius 3 is 2.79 bits per heavy atom. The lowest BCUT2D eigenvalue weighted by Gasteiger charge is -2.39. The van der Waals surface area contributed by atoms with Crippen molar-refractivity contribution in [3.8, 4) is 0 Å². The van der Waals surface area contributed by atoms with E-state index in [-0.39, 0.29) is 11.4 Å². The van der Waals surface area contributed by atoms with Crippen LogP contribution in [0, 0.1) is 12.3 Å². The summed E-state index contributed by atoms with van der Waals surface area (Å²) in [7, 11) is 1.48. The Morgan fingerprint density at radius 1 is 1.42 bits per heavy atom. The molecular formula is C16H23NO2. The van der Waals surface area contributed by atoms with Crippen molar-refractivity contribution in [3.63, 3.8) is 0 Å². The Balaban J connectivity index is 1.76. The molecule has 104 valence electrons. The van der Waals surface area contributed by atoms with Crippen LogP contribution in [-0.4, -0.2) is 26.2 Å². The van der Waals surface area contributed by atoms with Crippen molar-refractivity contribution in [2.45, 2.75) is 32.6 Å². The molecule has 0 saturated heterocycles. The fraction of sp³-hybridized carbons (Fsp3) is 0.562. The molecule has 19 heavy (non-hydrogen) atoms. The largest absolute Gasteiger partial charge is 0.469 e. The molecule has 0 atom stereocenters. The van der Waals surface area contributed by atoms with Gasteiger partial charge in [-0.15, -0.1) is 0 Å². The van der Waals surface area contributed by atoms with Crippen LogP contribution in [0.25, 0.3) is 0 Å². The molecule has 2 rings (SSSR count). The van der Waals surface area contributed by atoms with Crippen LogP contribution < -0.4 is 5.32 Å². The van der Waals surface area contributed by atoms with E-state index in [1.54, 1.807) is 0 Å². The first-order valence-corrected chi connectivity index (χ1v) is 7.01. The maximum Gasteiger partial charge on any atom is 0.313 e. The van der Waals surface area contributed by atoms with Crippen LogP contribution in [0.15, 0.2) is 24.3 Å². The summed E-state index contributed by atoms with van der Waals surface area (Å²) in [6.07, 6.45) is 4.04. The third kappa shape index (κ3) is 3.35. The fourth-order valence-corrected chi connectivity index (χ4v) is 2.70. The van der Waals surface area contributed by atoms with E-state index in [1.807, 2.05) is 0 Å². The Kier molecular flexibility index (Phi) is 4.59. The molecule has 1 aromatic rings. The minimum Gasteiger partial charge on any atom is -0.469 e. The number of nitrogens with one attached hydrogen (secondary N) is 1. The zero-order valence-electron chi connectivity index (χ0n) is 11.9. The van der Waals surface area contributed by atoms with Gasteiger partial charge in [-0.1, -0.05) is 36.2 Å². The number of esters is 1. The van der Waals surface area contributed by atoms with Crippen LogP contribution >= 0.6 is 0 Å². The van der Waals surface area contributed by atoms with Gasteiger partial charge in [-0.05, 0) is 38.3 Å². The van der Waals surface area contributed by atoms with Crippen LogP contribution in [0.2, 0.25) is 0 Å². The first kappa shape index (κ1) is 14.1. The van der Waals surface area contributed by atoms with Crippen molar-refractivity contribution >= 4 is 5.97 Å². The van der Waals surface area contributed by atoms with Gasteiger partial charge < -0.3 is 10.1 Å². The Hall–Kier alpha value is -1.35. The van der Waals surface area contributed by atoms with Gasteiger partial charge >= 0.3 is 5.97 Å². The molecule has 0 aliphatic heterocycles. The summed E-state index contributed by atoms with van der Waals surface area (Å²) in [6.45, 7) is 3.76. The highest BCUT2D eigenvalue weighted by molar-refractivity contribution is 5.78. The van der Waals surface area contributed by atoms with Crippen LogP contribution in [0.3, 0.4) is 0 Å². The maximum absolute atomic E-state index is 11.8. The van der Waals surface area contributed by atoms with Crippen molar-refractivity contribution in [1.29, 1.82) is 0 Å². The Labute approximate surface area is 115 Å². The molecular weight excluding hydrogens is 238 g/mol. The third-order valence-electron chi connectivity index (χ3n) is 4.07. The van der Waals surface area contributed by atoms with Gasteiger partial charge in [-0.3, -0.25) is 4.79 Å². The van der Waals surface area contributed by atoms with E-state index < -0.39 is 0 Å². The van der Waals surface area contributed by atoms with E-state index in [2.05, 4.69) is 36.5 Å². The van der Waals surface area contributed by atoms with Gasteiger partial charge in [0, 0.05) is 6.54 Å². The van der Waals surface area contributed by atoms with Crippen LogP contribution in [0.5, 0.6) is 0 Å². The molecule has 0 unspecified atom stereocenters. The highest BCUT2D eigenvalue weighted by atomic mass is 16.5. The quantitative estimate of drug-likeness (QED) is 0.631. The number of carbonyl (C=O) groups excluding carboxylic acids is 1. The minimum atomic E-state index is -0.249. The van der Waals surface area contributed by atoms with Gasteiger partial charge in [0.15, 0.2) is 0 Å². The number of benzene rings is 1. The lowest BCUT2D eigenvalue weighted by Crippen LogP contribution is -2.47. The van der Waals surface area contributed by atoms with Crippen LogP contribution in [0.1, 0.15) is 30.4 Å². The first-order valence-electron chi connectivity index (χ1n) is 7.01. The van der Waals surface area contributed by atoms with Crippen molar-refractivity contribution in [1.82, 2.24) is 5.32 Å². The second-order valence-electron chi connectivity index (χ2n) is 5.54. The van der Waals surface area contributed by atoms with Crippen molar-refractivity contribution < 1.29 is 9.53 Å². The second-order valence-corrected chi connectivity index (χ2v) is 5.54. The molecule has 0 bridgehead atoms. The molecule has 1 aliphatic carbocycles. The molecule has 0 spiro atoms. The predicted molar refractivity (Wildman–Crippen MR) is 76.1 cm³/mol. The molecule has 1 aliphatic rings. The van der Waals surface area contributed by atoms with Gasteiger partial charge in [0.2, 0.25) is 0 Å². The summed E-state index contributed by atoms with van der Waals surface area (Å²) in [5.74, 6) is -0.0539. The molecule has 1 saturated carbocycles. The number of ether oxygens (including phenoxy) is 1. The normalized spacial score (nSPS) is 16.7. The molecule has 0 heterocycles. The number of hydrogen-bond donors (Lipinski definition) is 1. The number of methoxy groups -OCH3 is 1. The van der Waals surface area contributed by atoms with Gasteiger partial charge in [0.25, 0.3) is 0 Å². The van der Waals surface area contributed by atoms with E-state index in [0.29, 0.717) is 0 Å². The monoisotopic (exact) mass is 261 g/mol.